The van der Waals surface area contributed by atoms with Gasteiger partial charge in [-0.2, -0.15) is 0 Å². The third kappa shape index (κ3) is 7.44. The lowest BCUT2D eigenvalue weighted by atomic mass is 10.1. The number of unbranched alkanes of at least 4 members (excludes halogenated alkanes) is 6. The van der Waals surface area contributed by atoms with Crippen LogP contribution in [-0.2, 0) is 4.79 Å². The predicted molar refractivity (Wildman–Crippen MR) is 84.5 cm³/mol. The van der Waals surface area contributed by atoms with Crippen LogP contribution < -0.4 is 4.74 Å². The molecule has 22 heavy (non-hydrogen) atoms. The van der Waals surface area contributed by atoms with Crippen molar-refractivity contribution in [1.82, 2.24) is 0 Å². The highest BCUT2D eigenvalue weighted by Crippen LogP contribution is 2.17. The zero-order chi connectivity index (χ0) is 16.2. The smallest absolute Gasteiger partial charge is 0.389 e. The Morgan fingerprint density at radius 2 is 1.77 bits per heavy atom. The third-order valence-electron chi connectivity index (χ3n) is 3.10. The van der Waals surface area contributed by atoms with Crippen LogP contribution in [0.3, 0.4) is 0 Å². The molecule has 0 unspecified atom stereocenters. The van der Waals surface area contributed by atoms with E-state index in [0.29, 0.717) is 6.42 Å². The summed E-state index contributed by atoms with van der Waals surface area (Å²) in [6.07, 6.45) is 7.77. The Morgan fingerprint density at radius 3 is 2.41 bits per heavy atom. The molecule has 0 saturated carbocycles. The SMILES string of the molecule is CCCCCCCCC#CC(=O)Oc1ccc([N+](=O)[O-])cc1. The normalized spacial score (nSPS) is 9.68. The lowest BCUT2D eigenvalue weighted by Gasteiger charge is -1.99. The Labute approximate surface area is 130 Å². The molecule has 0 N–H and O–H groups in total. The van der Waals surface area contributed by atoms with Gasteiger partial charge in [0.2, 0.25) is 0 Å². The second kappa shape index (κ2) is 10.4. The van der Waals surface area contributed by atoms with Crippen LogP contribution in [0.2, 0.25) is 0 Å². The van der Waals surface area contributed by atoms with Crippen LogP contribution >= 0.6 is 0 Å². The summed E-state index contributed by atoms with van der Waals surface area (Å²) in [5, 5.41) is 10.5. The van der Waals surface area contributed by atoms with E-state index in [1.165, 1.54) is 49.9 Å². The molecule has 0 radical (unpaired) electrons. The lowest BCUT2D eigenvalue weighted by molar-refractivity contribution is -0.384. The number of carbonyl (C=O) groups is 1. The zero-order valence-electron chi connectivity index (χ0n) is 12.8. The number of carbonyl (C=O) groups excluding carboxylic acids is 1. The zero-order valence-corrected chi connectivity index (χ0v) is 12.8. The number of nitro groups is 1. The third-order valence-corrected chi connectivity index (χ3v) is 3.10. The summed E-state index contributed by atoms with van der Waals surface area (Å²) in [5.41, 5.74) is -0.0473. The Bertz CT molecular complexity index is 540. The molecule has 0 fully saturated rings. The Hall–Kier alpha value is -2.35. The van der Waals surface area contributed by atoms with Crippen LogP contribution in [0.4, 0.5) is 5.69 Å². The van der Waals surface area contributed by atoms with Gasteiger partial charge in [-0.3, -0.25) is 10.1 Å². The summed E-state index contributed by atoms with van der Waals surface area (Å²) in [4.78, 5) is 21.5. The van der Waals surface area contributed by atoms with E-state index in [1.54, 1.807) is 0 Å². The summed E-state index contributed by atoms with van der Waals surface area (Å²) in [6, 6.07) is 5.33. The minimum atomic E-state index is -0.639. The molecule has 0 spiro atoms. The Balaban J connectivity index is 2.25. The topological polar surface area (TPSA) is 69.4 Å². The van der Waals surface area contributed by atoms with Crippen LogP contribution in [-0.4, -0.2) is 10.9 Å². The predicted octanol–water partition coefficient (Wildman–Crippen LogP) is 4.25. The van der Waals surface area contributed by atoms with Gasteiger partial charge >= 0.3 is 5.97 Å². The van der Waals surface area contributed by atoms with Gasteiger partial charge < -0.3 is 4.74 Å². The summed E-state index contributed by atoms with van der Waals surface area (Å²) >= 11 is 0. The van der Waals surface area contributed by atoms with Crippen LogP contribution in [0.1, 0.15) is 51.9 Å². The van der Waals surface area contributed by atoms with Crippen molar-refractivity contribution in [2.45, 2.75) is 51.9 Å². The molecule has 0 aromatic heterocycles. The number of benzene rings is 1. The van der Waals surface area contributed by atoms with Crippen molar-refractivity contribution in [2.75, 3.05) is 0 Å². The molecule has 118 valence electrons. The maximum atomic E-state index is 11.5. The van der Waals surface area contributed by atoms with Gasteiger partial charge in [-0.05, 0) is 18.6 Å². The van der Waals surface area contributed by atoms with E-state index in [4.69, 9.17) is 4.74 Å². The summed E-state index contributed by atoms with van der Waals surface area (Å²) in [5.74, 6) is 4.83. The van der Waals surface area contributed by atoms with Crippen molar-refractivity contribution in [1.29, 1.82) is 0 Å². The summed E-state index contributed by atoms with van der Waals surface area (Å²) < 4.78 is 4.97. The Morgan fingerprint density at radius 1 is 1.14 bits per heavy atom. The van der Waals surface area contributed by atoms with E-state index in [9.17, 15) is 14.9 Å². The van der Waals surface area contributed by atoms with Crippen LogP contribution in [0.25, 0.3) is 0 Å². The molecule has 1 rings (SSSR count). The first-order valence-electron chi connectivity index (χ1n) is 7.58. The van der Waals surface area contributed by atoms with Crippen LogP contribution in [0.15, 0.2) is 24.3 Å². The molecule has 0 aliphatic heterocycles. The first-order chi connectivity index (χ1) is 10.6. The van der Waals surface area contributed by atoms with Gasteiger partial charge in [0.05, 0.1) is 4.92 Å². The van der Waals surface area contributed by atoms with E-state index in [-0.39, 0.29) is 11.4 Å². The molecule has 5 nitrogen and oxygen atoms in total. The van der Waals surface area contributed by atoms with Gasteiger partial charge in [0, 0.05) is 24.5 Å². The first-order valence-corrected chi connectivity index (χ1v) is 7.58. The fourth-order valence-corrected chi connectivity index (χ4v) is 1.90. The molecular formula is C17H21NO4. The molecule has 0 bridgehead atoms. The average molecular weight is 303 g/mol. The minimum absolute atomic E-state index is 0.0473. The highest BCUT2D eigenvalue weighted by atomic mass is 16.6. The van der Waals surface area contributed by atoms with E-state index < -0.39 is 10.9 Å². The summed E-state index contributed by atoms with van der Waals surface area (Å²) in [6.45, 7) is 2.18. The number of nitro benzene ring substituents is 1. The van der Waals surface area contributed by atoms with Gasteiger partial charge in [-0.15, -0.1) is 0 Å². The average Bonchev–Trinajstić information content (AvgIpc) is 2.50. The van der Waals surface area contributed by atoms with Crippen molar-refractivity contribution in [3.05, 3.63) is 34.4 Å². The van der Waals surface area contributed by atoms with Crippen molar-refractivity contribution in [2.24, 2.45) is 0 Å². The molecule has 0 aliphatic carbocycles. The molecule has 0 aliphatic rings. The van der Waals surface area contributed by atoms with Crippen molar-refractivity contribution < 1.29 is 14.5 Å². The van der Waals surface area contributed by atoms with Crippen LogP contribution in [0, 0.1) is 22.0 Å². The fraction of sp³-hybridized carbons (Fsp3) is 0.471. The maximum Gasteiger partial charge on any atom is 0.389 e. The quantitative estimate of drug-likeness (QED) is 0.137. The molecule has 0 atom stereocenters. The fourth-order valence-electron chi connectivity index (χ4n) is 1.90. The van der Waals surface area contributed by atoms with E-state index in [2.05, 4.69) is 18.8 Å². The Kier molecular flexibility index (Phi) is 8.36. The number of hydrogen-bond donors (Lipinski definition) is 0. The molecule has 0 heterocycles. The number of rotatable bonds is 8. The van der Waals surface area contributed by atoms with Gasteiger partial charge in [-0.1, -0.05) is 44.9 Å². The highest BCUT2D eigenvalue weighted by molar-refractivity contribution is 5.90. The number of ether oxygens (including phenoxy) is 1. The lowest BCUT2D eigenvalue weighted by Crippen LogP contribution is -2.04. The van der Waals surface area contributed by atoms with E-state index >= 15 is 0 Å². The van der Waals surface area contributed by atoms with E-state index in [1.807, 2.05) is 0 Å². The highest BCUT2D eigenvalue weighted by Gasteiger charge is 2.06. The molecular weight excluding hydrogens is 282 g/mol. The summed E-state index contributed by atoms with van der Waals surface area (Å²) in [7, 11) is 0. The van der Waals surface area contributed by atoms with Gasteiger partial charge in [0.1, 0.15) is 5.75 Å². The number of non-ortho nitro benzene ring substituents is 1. The van der Waals surface area contributed by atoms with Crippen molar-refractivity contribution in [3.63, 3.8) is 0 Å². The second-order valence-corrected chi connectivity index (χ2v) is 4.96. The van der Waals surface area contributed by atoms with Crippen molar-refractivity contribution in [3.8, 4) is 17.6 Å². The molecule has 5 heteroatoms. The monoisotopic (exact) mass is 303 g/mol. The molecule has 0 saturated heterocycles. The number of nitrogens with zero attached hydrogens (tertiary/aromatic N) is 1. The maximum absolute atomic E-state index is 11.5. The van der Waals surface area contributed by atoms with Gasteiger partial charge in [0.15, 0.2) is 0 Å². The van der Waals surface area contributed by atoms with Gasteiger partial charge in [-0.25, -0.2) is 4.79 Å². The van der Waals surface area contributed by atoms with Crippen molar-refractivity contribution >= 4 is 11.7 Å². The number of hydrogen-bond acceptors (Lipinski definition) is 4. The molecule has 1 aromatic rings. The molecule has 1 aromatic carbocycles. The number of esters is 1. The van der Waals surface area contributed by atoms with Crippen LogP contribution in [0.5, 0.6) is 5.75 Å². The minimum Gasteiger partial charge on any atom is -0.417 e. The van der Waals surface area contributed by atoms with Gasteiger partial charge in [0.25, 0.3) is 5.69 Å². The second-order valence-electron chi connectivity index (χ2n) is 4.96. The largest absolute Gasteiger partial charge is 0.417 e. The standard InChI is InChI=1S/C17H21NO4/c1-2-3-4-5-6-7-8-9-10-17(19)22-16-13-11-15(12-14-16)18(20)21/h11-14H,2-8H2,1H3. The first kappa shape index (κ1) is 17.7. The van der Waals surface area contributed by atoms with E-state index in [0.717, 1.165) is 12.8 Å². The molecule has 0 amide bonds.